The molecule has 0 saturated heterocycles. The molecule has 0 N–H and O–H groups in total. The van der Waals surface area contributed by atoms with Gasteiger partial charge in [-0.05, 0) is 25.2 Å². The maximum atomic E-state index is 11.1. The van der Waals surface area contributed by atoms with E-state index in [4.69, 9.17) is 4.74 Å². The Kier molecular flexibility index (Phi) is 9.63. The van der Waals surface area contributed by atoms with Gasteiger partial charge in [-0.15, -0.1) is 0 Å². The third-order valence-electron chi connectivity index (χ3n) is 3.15. The van der Waals surface area contributed by atoms with Crippen LogP contribution in [0.1, 0.15) is 79.1 Å². The summed E-state index contributed by atoms with van der Waals surface area (Å²) in [5.41, 5.74) is 0.964. The number of unbranched alkanes of at least 4 members (excludes halogenated alkanes) is 6. The zero-order valence-corrected chi connectivity index (χ0v) is 13.4. The van der Waals surface area contributed by atoms with Crippen molar-refractivity contribution in [1.29, 1.82) is 0 Å². The number of rotatable bonds is 10. The molecule has 2 nitrogen and oxygen atoms in total. The van der Waals surface area contributed by atoms with Gasteiger partial charge in [-0.3, -0.25) is 0 Å². The van der Waals surface area contributed by atoms with Crippen LogP contribution in [-0.4, -0.2) is 12.6 Å². The quantitative estimate of drug-likeness (QED) is 0.306. The van der Waals surface area contributed by atoms with Gasteiger partial charge in [-0.2, -0.15) is 0 Å². The normalized spacial score (nSPS) is 11.4. The topological polar surface area (TPSA) is 26.3 Å². The number of esters is 1. The van der Waals surface area contributed by atoms with Crippen LogP contribution in [0, 0.1) is 5.41 Å². The minimum atomic E-state index is -0.262. The first kappa shape index (κ1) is 18.2. The van der Waals surface area contributed by atoms with E-state index in [0.717, 1.165) is 12.8 Å². The average Bonchev–Trinajstić information content (AvgIpc) is 2.29. The van der Waals surface area contributed by atoms with Gasteiger partial charge in [0.2, 0.25) is 0 Å². The molecule has 0 aliphatic heterocycles. The fourth-order valence-corrected chi connectivity index (χ4v) is 1.93. The van der Waals surface area contributed by atoms with E-state index in [-0.39, 0.29) is 5.97 Å². The van der Waals surface area contributed by atoms with Crippen molar-refractivity contribution >= 4 is 5.97 Å². The van der Waals surface area contributed by atoms with Crippen molar-refractivity contribution in [2.45, 2.75) is 79.1 Å². The van der Waals surface area contributed by atoms with E-state index < -0.39 is 0 Å². The summed E-state index contributed by atoms with van der Waals surface area (Å²) in [5, 5.41) is 0. The molecule has 0 rings (SSSR count). The first-order valence-corrected chi connectivity index (χ1v) is 7.65. The largest absolute Gasteiger partial charge is 0.462 e. The van der Waals surface area contributed by atoms with Crippen molar-refractivity contribution in [2.75, 3.05) is 6.61 Å². The van der Waals surface area contributed by atoms with Gasteiger partial charge < -0.3 is 4.74 Å². The van der Waals surface area contributed by atoms with Gasteiger partial charge in [0, 0.05) is 5.57 Å². The van der Waals surface area contributed by atoms with E-state index in [2.05, 4.69) is 27.4 Å². The molecule has 0 aliphatic rings. The Labute approximate surface area is 119 Å². The molecule has 0 aliphatic carbocycles. The first-order valence-electron chi connectivity index (χ1n) is 7.65. The Morgan fingerprint density at radius 1 is 0.947 bits per heavy atom. The lowest BCUT2D eigenvalue weighted by atomic mass is 9.89. The van der Waals surface area contributed by atoms with Gasteiger partial charge >= 0.3 is 5.97 Å². The van der Waals surface area contributed by atoms with E-state index in [0.29, 0.717) is 17.6 Å². The molecule has 19 heavy (non-hydrogen) atoms. The molecule has 0 fully saturated rings. The van der Waals surface area contributed by atoms with Crippen molar-refractivity contribution in [3.63, 3.8) is 0 Å². The lowest BCUT2D eigenvalue weighted by molar-refractivity contribution is -0.139. The van der Waals surface area contributed by atoms with E-state index in [9.17, 15) is 4.79 Å². The summed E-state index contributed by atoms with van der Waals surface area (Å²) < 4.78 is 5.05. The van der Waals surface area contributed by atoms with Crippen molar-refractivity contribution in [1.82, 2.24) is 0 Å². The van der Waals surface area contributed by atoms with Gasteiger partial charge in [0.25, 0.3) is 0 Å². The van der Waals surface area contributed by atoms with Crippen LogP contribution in [0.15, 0.2) is 12.2 Å². The standard InChI is InChI=1S/C17H32O2/c1-15(2)16(18)19-14-12-10-8-6-7-9-11-13-17(3,4)5/h1,6-14H2,2-5H3. The number of hydrogen-bond acceptors (Lipinski definition) is 2. The average molecular weight is 268 g/mol. The minimum Gasteiger partial charge on any atom is -0.462 e. The fourth-order valence-electron chi connectivity index (χ4n) is 1.93. The van der Waals surface area contributed by atoms with Gasteiger partial charge in [0.15, 0.2) is 0 Å². The molecular weight excluding hydrogens is 236 g/mol. The van der Waals surface area contributed by atoms with Crippen LogP contribution in [0.3, 0.4) is 0 Å². The summed E-state index contributed by atoms with van der Waals surface area (Å²) in [5.74, 6) is -0.262. The maximum Gasteiger partial charge on any atom is 0.333 e. The van der Waals surface area contributed by atoms with Crippen LogP contribution in [0.25, 0.3) is 0 Å². The van der Waals surface area contributed by atoms with E-state index in [1.807, 2.05) is 0 Å². The predicted octanol–water partition coefficient (Wildman–Crippen LogP) is 5.27. The Morgan fingerprint density at radius 3 is 1.89 bits per heavy atom. The number of carbonyl (C=O) groups is 1. The Morgan fingerprint density at radius 2 is 1.42 bits per heavy atom. The highest BCUT2D eigenvalue weighted by Crippen LogP contribution is 2.22. The van der Waals surface area contributed by atoms with E-state index in [1.54, 1.807) is 6.92 Å². The molecular formula is C17H32O2. The molecule has 0 aromatic heterocycles. The second-order valence-corrected chi connectivity index (χ2v) is 6.70. The molecule has 0 bridgehead atoms. The predicted molar refractivity (Wildman–Crippen MR) is 82.2 cm³/mol. The van der Waals surface area contributed by atoms with Crippen LogP contribution in [0.5, 0.6) is 0 Å². The minimum absolute atomic E-state index is 0.262. The second-order valence-electron chi connectivity index (χ2n) is 6.70. The maximum absolute atomic E-state index is 11.1. The van der Waals surface area contributed by atoms with E-state index >= 15 is 0 Å². The first-order chi connectivity index (χ1) is 8.83. The highest BCUT2D eigenvalue weighted by atomic mass is 16.5. The lowest BCUT2D eigenvalue weighted by Gasteiger charge is -2.17. The molecule has 0 aromatic rings. The zero-order chi connectivity index (χ0) is 14.7. The van der Waals surface area contributed by atoms with Gasteiger partial charge in [-0.1, -0.05) is 65.9 Å². The highest BCUT2D eigenvalue weighted by molar-refractivity contribution is 5.86. The molecule has 112 valence electrons. The molecule has 2 heteroatoms. The van der Waals surface area contributed by atoms with Crippen molar-refractivity contribution < 1.29 is 9.53 Å². The van der Waals surface area contributed by atoms with Crippen LogP contribution in [0.4, 0.5) is 0 Å². The van der Waals surface area contributed by atoms with Crippen LogP contribution < -0.4 is 0 Å². The molecule has 0 heterocycles. The van der Waals surface area contributed by atoms with Crippen molar-refractivity contribution in [2.24, 2.45) is 5.41 Å². The summed E-state index contributed by atoms with van der Waals surface area (Å²) in [7, 11) is 0. The Balaban J connectivity index is 3.20. The summed E-state index contributed by atoms with van der Waals surface area (Å²) in [6.45, 7) is 12.7. The highest BCUT2D eigenvalue weighted by Gasteiger charge is 2.08. The number of carbonyl (C=O) groups excluding carboxylic acids is 1. The second kappa shape index (κ2) is 10.1. The summed E-state index contributed by atoms with van der Waals surface area (Å²) >= 11 is 0. The molecule has 0 radical (unpaired) electrons. The zero-order valence-electron chi connectivity index (χ0n) is 13.4. The summed E-state index contributed by atoms with van der Waals surface area (Å²) in [4.78, 5) is 11.1. The van der Waals surface area contributed by atoms with Crippen LogP contribution in [0.2, 0.25) is 0 Å². The number of hydrogen-bond donors (Lipinski definition) is 0. The number of ether oxygens (including phenoxy) is 1. The monoisotopic (exact) mass is 268 g/mol. The van der Waals surface area contributed by atoms with Crippen LogP contribution in [-0.2, 0) is 9.53 Å². The SMILES string of the molecule is C=C(C)C(=O)OCCCCCCCCCC(C)(C)C. The van der Waals surface area contributed by atoms with E-state index in [1.165, 1.54) is 38.5 Å². The molecule has 0 saturated carbocycles. The summed E-state index contributed by atoms with van der Waals surface area (Å²) in [6.07, 6.45) is 10.0. The van der Waals surface area contributed by atoms with Crippen molar-refractivity contribution in [3.05, 3.63) is 12.2 Å². The van der Waals surface area contributed by atoms with Gasteiger partial charge in [-0.25, -0.2) is 4.79 Å². The molecule has 0 aromatic carbocycles. The molecule has 0 amide bonds. The molecule has 0 atom stereocenters. The lowest BCUT2D eigenvalue weighted by Crippen LogP contribution is -2.06. The van der Waals surface area contributed by atoms with Gasteiger partial charge in [0.05, 0.1) is 6.61 Å². The molecule has 0 unspecified atom stereocenters. The third-order valence-corrected chi connectivity index (χ3v) is 3.15. The Hall–Kier alpha value is -0.790. The van der Waals surface area contributed by atoms with Crippen LogP contribution >= 0.6 is 0 Å². The fraction of sp³-hybridized carbons (Fsp3) is 0.824. The van der Waals surface area contributed by atoms with Crippen molar-refractivity contribution in [3.8, 4) is 0 Å². The Bertz CT molecular complexity index is 261. The molecule has 0 spiro atoms. The third kappa shape index (κ3) is 13.4. The summed E-state index contributed by atoms with van der Waals surface area (Å²) in [6, 6.07) is 0. The van der Waals surface area contributed by atoms with Gasteiger partial charge in [0.1, 0.15) is 0 Å². The smallest absolute Gasteiger partial charge is 0.333 e.